The topological polar surface area (TPSA) is 69.0 Å². The molecule has 2 aromatic heterocycles. The molecule has 3 rings (SSSR count). The molecular weight excluding hydrogens is 440 g/mol. The summed E-state index contributed by atoms with van der Waals surface area (Å²) in [7, 11) is 1.55. The Balaban J connectivity index is 1.78. The first-order chi connectivity index (χ1) is 14.3. The van der Waals surface area contributed by atoms with Crippen molar-refractivity contribution in [2.75, 3.05) is 18.2 Å². The number of carbonyl (C=O) groups excluding carboxylic acids is 1. The van der Waals surface area contributed by atoms with Crippen LogP contribution in [0.4, 0.5) is 5.69 Å². The number of benzene rings is 1. The van der Waals surface area contributed by atoms with Crippen molar-refractivity contribution in [2.24, 2.45) is 0 Å². The first kappa shape index (κ1) is 22.7. The van der Waals surface area contributed by atoms with Gasteiger partial charge in [0.15, 0.2) is 11.0 Å². The number of nitrogens with one attached hydrogen (secondary N) is 1. The normalized spacial score (nSPS) is 11.2. The maximum atomic E-state index is 12.5. The predicted octanol–water partition coefficient (Wildman–Crippen LogP) is 5.85. The number of halogens is 1. The van der Waals surface area contributed by atoms with Crippen LogP contribution in [-0.2, 0) is 11.2 Å². The van der Waals surface area contributed by atoms with Crippen LogP contribution >= 0.6 is 34.7 Å². The fraction of sp³-hybridized carbons (Fsp3) is 0.381. The minimum Gasteiger partial charge on any atom is -0.495 e. The Morgan fingerprint density at radius 3 is 2.80 bits per heavy atom. The zero-order valence-corrected chi connectivity index (χ0v) is 20.0. The number of hydrogen-bond donors (Lipinski definition) is 1. The summed E-state index contributed by atoms with van der Waals surface area (Å²) < 4.78 is 7.38. The molecule has 0 unspecified atom stereocenters. The van der Waals surface area contributed by atoms with Crippen LogP contribution in [-0.4, -0.2) is 33.5 Å². The van der Waals surface area contributed by atoms with Crippen molar-refractivity contribution in [3.05, 3.63) is 39.0 Å². The molecule has 0 spiro atoms. The highest BCUT2D eigenvalue weighted by Crippen LogP contribution is 2.34. The third-order valence-corrected chi connectivity index (χ3v) is 6.78. The molecule has 0 bridgehead atoms. The second-order valence-electron chi connectivity index (χ2n) is 6.99. The highest BCUT2D eigenvalue weighted by molar-refractivity contribution is 7.99. The lowest BCUT2D eigenvalue weighted by Crippen LogP contribution is -2.15. The number of thiophene rings is 1. The van der Waals surface area contributed by atoms with Gasteiger partial charge in [-0.1, -0.05) is 30.3 Å². The molecule has 30 heavy (non-hydrogen) atoms. The van der Waals surface area contributed by atoms with Gasteiger partial charge in [-0.15, -0.1) is 21.5 Å². The molecular formula is C21H25ClN4O2S2. The lowest BCUT2D eigenvalue weighted by atomic mass is 10.1. The molecule has 1 aromatic carbocycles. The number of rotatable bonds is 8. The zero-order valence-electron chi connectivity index (χ0n) is 17.7. The standard InChI is InChI=1S/C21H25ClN4O2S2/c1-6-15-13(4)29-10-16(15)20-24-25-21(26(20)12(2)3)30-11-19(27)23-17-9-14(22)7-8-18(17)28-5/h7-10,12H,6,11H2,1-5H3,(H,23,27). The minimum atomic E-state index is -0.166. The molecule has 1 N–H and O–H groups in total. The molecule has 0 saturated carbocycles. The number of amides is 1. The van der Waals surface area contributed by atoms with Crippen molar-refractivity contribution in [1.82, 2.24) is 14.8 Å². The highest BCUT2D eigenvalue weighted by Gasteiger charge is 2.21. The van der Waals surface area contributed by atoms with Crippen LogP contribution < -0.4 is 10.1 Å². The Morgan fingerprint density at radius 1 is 1.37 bits per heavy atom. The molecule has 0 fully saturated rings. The number of carbonyl (C=O) groups is 1. The van der Waals surface area contributed by atoms with Crippen molar-refractivity contribution in [1.29, 1.82) is 0 Å². The average Bonchev–Trinajstić information content (AvgIpc) is 3.29. The monoisotopic (exact) mass is 464 g/mol. The van der Waals surface area contributed by atoms with Crippen molar-refractivity contribution in [3.8, 4) is 17.1 Å². The van der Waals surface area contributed by atoms with E-state index in [0.717, 1.165) is 23.0 Å². The summed E-state index contributed by atoms with van der Waals surface area (Å²) in [6.45, 7) is 8.48. The second kappa shape index (κ2) is 9.85. The molecule has 0 aliphatic heterocycles. The lowest BCUT2D eigenvalue weighted by molar-refractivity contribution is -0.113. The second-order valence-corrected chi connectivity index (χ2v) is 9.45. The van der Waals surface area contributed by atoms with E-state index < -0.39 is 0 Å². The molecule has 0 aliphatic carbocycles. The third-order valence-electron chi connectivity index (χ3n) is 4.65. The molecule has 0 atom stereocenters. The van der Waals surface area contributed by atoms with E-state index in [1.807, 2.05) is 0 Å². The van der Waals surface area contributed by atoms with Crippen LogP contribution in [0.15, 0.2) is 28.7 Å². The van der Waals surface area contributed by atoms with E-state index in [2.05, 4.69) is 53.2 Å². The fourth-order valence-electron chi connectivity index (χ4n) is 3.23. The van der Waals surface area contributed by atoms with E-state index in [0.29, 0.717) is 16.5 Å². The van der Waals surface area contributed by atoms with Gasteiger partial charge in [0.25, 0.3) is 0 Å². The molecule has 9 heteroatoms. The largest absolute Gasteiger partial charge is 0.495 e. The van der Waals surface area contributed by atoms with Gasteiger partial charge in [-0.05, 0) is 51.0 Å². The van der Waals surface area contributed by atoms with Gasteiger partial charge >= 0.3 is 0 Å². The van der Waals surface area contributed by atoms with Gasteiger partial charge in [-0.3, -0.25) is 9.36 Å². The average molecular weight is 465 g/mol. The summed E-state index contributed by atoms with van der Waals surface area (Å²) in [5.74, 6) is 1.45. The quantitative estimate of drug-likeness (QED) is 0.423. The molecule has 2 heterocycles. The van der Waals surface area contributed by atoms with Gasteiger partial charge in [0, 0.05) is 26.9 Å². The maximum absolute atomic E-state index is 12.5. The highest BCUT2D eigenvalue weighted by atomic mass is 35.5. The molecule has 0 saturated heterocycles. The number of aromatic nitrogens is 3. The Labute approximate surface area is 190 Å². The van der Waals surface area contributed by atoms with Crippen LogP contribution in [0.2, 0.25) is 5.02 Å². The fourth-order valence-corrected chi connectivity index (χ4v) is 5.20. The predicted molar refractivity (Wildman–Crippen MR) is 125 cm³/mol. The number of methoxy groups -OCH3 is 1. The molecule has 0 radical (unpaired) electrons. The first-order valence-corrected chi connectivity index (χ1v) is 11.9. The zero-order chi connectivity index (χ0) is 21.8. The van der Waals surface area contributed by atoms with Crippen molar-refractivity contribution >= 4 is 46.3 Å². The maximum Gasteiger partial charge on any atom is 0.234 e. The van der Waals surface area contributed by atoms with Crippen LogP contribution in [0.3, 0.4) is 0 Å². The number of ether oxygens (including phenoxy) is 1. The van der Waals surface area contributed by atoms with E-state index in [4.69, 9.17) is 16.3 Å². The molecule has 3 aromatic rings. The molecule has 0 aliphatic rings. The number of anilines is 1. The summed E-state index contributed by atoms with van der Waals surface area (Å²) in [6, 6.07) is 5.27. The summed E-state index contributed by atoms with van der Waals surface area (Å²) in [5.41, 5.74) is 2.97. The summed E-state index contributed by atoms with van der Waals surface area (Å²) in [4.78, 5) is 13.8. The van der Waals surface area contributed by atoms with Gasteiger partial charge in [-0.25, -0.2) is 0 Å². The Morgan fingerprint density at radius 2 is 2.13 bits per heavy atom. The van der Waals surface area contributed by atoms with Crippen molar-refractivity contribution < 1.29 is 9.53 Å². The van der Waals surface area contributed by atoms with Crippen LogP contribution in [0.5, 0.6) is 5.75 Å². The minimum absolute atomic E-state index is 0.165. The molecule has 6 nitrogen and oxygen atoms in total. The number of aryl methyl sites for hydroxylation is 1. The van der Waals surface area contributed by atoms with Crippen LogP contribution in [0, 0.1) is 6.92 Å². The Kier molecular flexibility index (Phi) is 7.44. The van der Waals surface area contributed by atoms with Gasteiger partial charge < -0.3 is 10.1 Å². The van der Waals surface area contributed by atoms with E-state index in [-0.39, 0.29) is 17.7 Å². The van der Waals surface area contributed by atoms with E-state index in [9.17, 15) is 4.79 Å². The van der Waals surface area contributed by atoms with Gasteiger partial charge in [-0.2, -0.15) is 0 Å². The smallest absolute Gasteiger partial charge is 0.234 e. The van der Waals surface area contributed by atoms with E-state index >= 15 is 0 Å². The van der Waals surface area contributed by atoms with Crippen LogP contribution in [0.25, 0.3) is 11.4 Å². The third kappa shape index (κ3) is 4.82. The first-order valence-electron chi connectivity index (χ1n) is 9.64. The van der Waals surface area contributed by atoms with Crippen molar-refractivity contribution in [3.63, 3.8) is 0 Å². The molecule has 160 valence electrons. The van der Waals surface area contributed by atoms with E-state index in [1.165, 1.54) is 22.2 Å². The number of hydrogen-bond acceptors (Lipinski definition) is 6. The summed E-state index contributed by atoms with van der Waals surface area (Å²) >= 11 is 9.13. The van der Waals surface area contributed by atoms with Gasteiger partial charge in [0.2, 0.25) is 5.91 Å². The Bertz CT molecular complexity index is 1050. The van der Waals surface area contributed by atoms with E-state index in [1.54, 1.807) is 36.6 Å². The number of nitrogens with zero attached hydrogens (tertiary/aromatic N) is 3. The molecule has 1 amide bonds. The lowest BCUT2D eigenvalue weighted by Gasteiger charge is -2.14. The summed E-state index contributed by atoms with van der Waals surface area (Å²) in [5, 5.41) is 15.1. The van der Waals surface area contributed by atoms with Gasteiger partial charge in [0.1, 0.15) is 5.75 Å². The SMILES string of the molecule is CCc1c(-c2nnc(SCC(=O)Nc3cc(Cl)ccc3OC)n2C(C)C)csc1C. The Hall–Kier alpha value is -2.03. The summed E-state index contributed by atoms with van der Waals surface area (Å²) in [6.07, 6.45) is 0.946. The van der Waals surface area contributed by atoms with Crippen molar-refractivity contribution in [2.45, 2.75) is 45.3 Å². The van der Waals surface area contributed by atoms with Crippen LogP contribution in [0.1, 0.15) is 37.3 Å². The number of thioether (sulfide) groups is 1. The van der Waals surface area contributed by atoms with Gasteiger partial charge in [0.05, 0.1) is 18.6 Å².